The van der Waals surface area contributed by atoms with E-state index in [-0.39, 0.29) is 12.4 Å². The summed E-state index contributed by atoms with van der Waals surface area (Å²) in [4.78, 5) is 4.87. The number of nitrogens with zero attached hydrogens (tertiary/aromatic N) is 2. The molecular formula is C22H30Cl2N2O3. The highest BCUT2D eigenvalue weighted by atomic mass is 35.5. The van der Waals surface area contributed by atoms with Gasteiger partial charge in [0.25, 0.3) is 0 Å². The van der Waals surface area contributed by atoms with Gasteiger partial charge in [0.15, 0.2) is 11.5 Å². The molecule has 5 nitrogen and oxygen atoms in total. The Kier molecular flexibility index (Phi) is 8.75. The third kappa shape index (κ3) is 5.62. The van der Waals surface area contributed by atoms with Gasteiger partial charge in [-0.05, 0) is 48.7 Å². The molecule has 0 radical (unpaired) electrons. The van der Waals surface area contributed by atoms with E-state index < -0.39 is 0 Å². The molecule has 0 amide bonds. The van der Waals surface area contributed by atoms with Gasteiger partial charge in [-0.25, -0.2) is 0 Å². The number of rotatable bonds is 7. The third-order valence-corrected chi connectivity index (χ3v) is 5.58. The fourth-order valence-corrected chi connectivity index (χ4v) is 3.88. The number of hydrogen-bond acceptors (Lipinski definition) is 5. The lowest BCUT2D eigenvalue weighted by atomic mass is 10.1. The molecule has 160 valence electrons. The van der Waals surface area contributed by atoms with Crippen molar-refractivity contribution in [3.05, 3.63) is 46.5 Å². The standard InChI is InChI=1S/C22H29ClN2O3.ClH/c1-16-5-6-18(23)19(13-16)25-11-9-24(10-12-25)8-7-17-14-20(26-2)22(28-4)21(15-17)27-3;/h5-6,13-15H,7-12H2,1-4H3;1H. The van der Waals surface area contributed by atoms with Crippen molar-refractivity contribution in [1.29, 1.82) is 0 Å². The maximum Gasteiger partial charge on any atom is 0.203 e. The lowest BCUT2D eigenvalue weighted by molar-refractivity contribution is 0.260. The Morgan fingerprint density at radius 2 is 1.52 bits per heavy atom. The van der Waals surface area contributed by atoms with Gasteiger partial charge in [0, 0.05) is 32.7 Å². The van der Waals surface area contributed by atoms with Gasteiger partial charge in [-0.15, -0.1) is 12.4 Å². The zero-order valence-corrected chi connectivity index (χ0v) is 19.1. The molecule has 0 unspecified atom stereocenters. The van der Waals surface area contributed by atoms with Gasteiger partial charge in [-0.2, -0.15) is 0 Å². The maximum atomic E-state index is 6.40. The molecule has 1 aliphatic rings. The molecule has 2 aromatic carbocycles. The van der Waals surface area contributed by atoms with E-state index >= 15 is 0 Å². The first kappa shape index (κ1) is 23.5. The van der Waals surface area contributed by atoms with E-state index in [4.69, 9.17) is 25.8 Å². The highest BCUT2D eigenvalue weighted by Crippen LogP contribution is 2.38. The summed E-state index contributed by atoms with van der Waals surface area (Å²) >= 11 is 6.40. The normalized spacial score (nSPS) is 14.3. The van der Waals surface area contributed by atoms with E-state index in [1.165, 1.54) is 11.1 Å². The largest absolute Gasteiger partial charge is 0.493 e. The van der Waals surface area contributed by atoms with Crippen LogP contribution in [0.15, 0.2) is 30.3 Å². The molecule has 0 spiro atoms. The van der Waals surface area contributed by atoms with Crippen molar-refractivity contribution in [3.63, 3.8) is 0 Å². The van der Waals surface area contributed by atoms with Crippen LogP contribution < -0.4 is 19.1 Å². The molecule has 1 saturated heterocycles. The van der Waals surface area contributed by atoms with Crippen LogP contribution >= 0.6 is 24.0 Å². The Morgan fingerprint density at radius 3 is 2.07 bits per heavy atom. The van der Waals surface area contributed by atoms with E-state index in [9.17, 15) is 0 Å². The molecule has 1 fully saturated rings. The molecule has 7 heteroatoms. The summed E-state index contributed by atoms with van der Waals surface area (Å²) in [7, 11) is 4.92. The predicted octanol–water partition coefficient (Wildman–Crippen LogP) is 4.46. The first-order valence-corrected chi connectivity index (χ1v) is 9.96. The molecule has 29 heavy (non-hydrogen) atoms. The van der Waals surface area contributed by atoms with Crippen LogP contribution in [0.5, 0.6) is 17.2 Å². The van der Waals surface area contributed by atoms with Crippen molar-refractivity contribution < 1.29 is 14.2 Å². The van der Waals surface area contributed by atoms with Crippen molar-refractivity contribution in [3.8, 4) is 17.2 Å². The van der Waals surface area contributed by atoms with E-state index in [2.05, 4.69) is 28.9 Å². The average molecular weight is 441 g/mol. The Morgan fingerprint density at radius 1 is 0.897 bits per heavy atom. The second-order valence-electron chi connectivity index (χ2n) is 7.07. The topological polar surface area (TPSA) is 34.2 Å². The summed E-state index contributed by atoms with van der Waals surface area (Å²) in [5.41, 5.74) is 3.56. The number of aryl methyl sites for hydroxylation is 1. The Bertz CT molecular complexity index is 784. The molecular weight excluding hydrogens is 411 g/mol. The number of halogens is 2. The summed E-state index contributed by atoms with van der Waals surface area (Å²) in [6.07, 6.45) is 0.932. The molecule has 1 heterocycles. The lowest BCUT2D eigenvalue weighted by Gasteiger charge is -2.36. The van der Waals surface area contributed by atoms with Crippen LogP contribution in [-0.2, 0) is 6.42 Å². The van der Waals surface area contributed by atoms with Crippen LogP contribution in [0, 0.1) is 6.92 Å². The van der Waals surface area contributed by atoms with Gasteiger partial charge >= 0.3 is 0 Å². The molecule has 2 aromatic rings. The van der Waals surface area contributed by atoms with Crippen LogP contribution in [0.2, 0.25) is 5.02 Å². The van der Waals surface area contributed by atoms with Crippen molar-refractivity contribution in [2.45, 2.75) is 13.3 Å². The molecule has 0 saturated carbocycles. The van der Waals surface area contributed by atoms with Crippen LogP contribution in [0.4, 0.5) is 5.69 Å². The smallest absolute Gasteiger partial charge is 0.203 e. The summed E-state index contributed by atoms with van der Waals surface area (Å²) in [5.74, 6) is 2.05. The van der Waals surface area contributed by atoms with E-state index in [0.717, 1.165) is 49.9 Å². The fraction of sp³-hybridized carbons (Fsp3) is 0.455. The first-order valence-electron chi connectivity index (χ1n) is 9.58. The van der Waals surface area contributed by atoms with Gasteiger partial charge in [-0.1, -0.05) is 17.7 Å². The quantitative estimate of drug-likeness (QED) is 0.634. The van der Waals surface area contributed by atoms with Gasteiger partial charge in [-0.3, -0.25) is 4.90 Å². The van der Waals surface area contributed by atoms with Crippen LogP contribution in [0.3, 0.4) is 0 Å². The monoisotopic (exact) mass is 440 g/mol. The Balaban J connectivity index is 0.00000300. The number of ether oxygens (including phenoxy) is 3. The van der Waals surface area contributed by atoms with E-state index in [1.54, 1.807) is 21.3 Å². The number of anilines is 1. The minimum absolute atomic E-state index is 0. The second kappa shape index (κ2) is 10.8. The minimum Gasteiger partial charge on any atom is -0.493 e. The second-order valence-corrected chi connectivity index (χ2v) is 7.47. The Hall–Kier alpha value is -1.82. The maximum absolute atomic E-state index is 6.40. The first-order chi connectivity index (χ1) is 13.5. The molecule has 0 N–H and O–H groups in total. The van der Waals surface area contributed by atoms with Gasteiger partial charge in [0.2, 0.25) is 5.75 Å². The fourth-order valence-electron chi connectivity index (χ4n) is 3.64. The lowest BCUT2D eigenvalue weighted by Crippen LogP contribution is -2.47. The molecule has 0 aliphatic carbocycles. The van der Waals surface area contributed by atoms with Crippen LogP contribution in [0.1, 0.15) is 11.1 Å². The molecule has 0 bridgehead atoms. The van der Waals surface area contributed by atoms with E-state index in [0.29, 0.717) is 17.2 Å². The number of hydrogen-bond donors (Lipinski definition) is 0. The molecule has 0 atom stereocenters. The summed E-state index contributed by atoms with van der Waals surface area (Å²) in [6, 6.07) is 10.3. The third-order valence-electron chi connectivity index (χ3n) is 5.26. The van der Waals surface area contributed by atoms with Gasteiger partial charge in [0.05, 0.1) is 32.0 Å². The SMILES string of the molecule is COc1cc(CCN2CCN(c3cc(C)ccc3Cl)CC2)cc(OC)c1OC.Cl. The highest BCUT2D eigenvalue weighted by Gasteiger charge is 2.19. The van der Waals surface area contributed by atoms with Gasteiger partial charge in [0.1, 0.15) is 0 Å². The summed E-state index contributed by atoms with van der Waals surface area (Å²) < 4.78 is 16.3. The predicted molar refractivity (Wildman–Crippen MR) is 122 cm³/mol. The highest BCUT2D eigenvalue weighted by molar-refractivity contribution is 6.33. The van der Waals surface area contributed by atoms with Crippen molar-refractivity contribution >= 4 is 29.7 Å². The molecule has 3 rings (SSSR count). The van der Waals surface area contributed by atoms with E-state index in [1.807, 2.05) is 18.2 Å². The zero-order chi connectivity index (χ0) is 20.1. The van der Waals surface area contributed by atoms with Crippen LogP contribution in [-0.4, -0.2) is 59.0 Å². The van der Waals surface area contributed by atoms with Crippen molar-refractivity contribution in [1.82, 2.24) is 4.90 Å². The average Bonchev–Trinajstić information content (AvgIpc) is 2.73. The summed E-state index contributed by atoms with van der Waals surface area (Å²) in [6.45, 7) is 7.11. The number of methoxy groups -OCH3 is 3. The van der Waals surface area contributed by atoms with Crippen molar-refractivity contribution in [2.75, 3.05) is 59.0 Å². The summed E-state index contributed by atoms with van der Waals surface area (Å²) in [5, 5.41) is 0.830. The minimum atomic E-state index is 0. The molecule has 1 aliphatic heterocycles. The number of benzene rings is 2. The van der Waals surface area contributed by atoms with Gasteiger partial charge < -0.3 is 19.1 Å². The molecule has 0 aromatic heterocycles. The zero-order valence-electron chi connectivity index (χ0n) is 17.5. The van der Waals surface area contributed by atoms with Crippen molar-refractivity contribution in [2.24, 2.45) is 0 Å². The number of piperazine rings is 1. The van der Waals surface area contributed by atoms with Crippen LogP contribution in [0.25, 0.3) is 0 Å². The Labute approximate surface area is 184 Å².